The number of hydrogen-bond acceptors (Lipinski definition) is 11. The number of aliphatic hydroxyl groups excluding tert-OH is 1. The average Bonchev–Trinajstić information content (AvgIpc) is 3.99. The molecule has 0 spiro atoms. The Hall–Kier alpha value is -1.70. The van der Waals surface area contributed by atoms with Gasteiger partial charge < -0.3 is 34.0 Å². The van der Waals surface area contributed by atoms with E-state index in [1.807, 2.05) is 12.2 Å². The van der Waals surface area contributed by atoms with E-state index in [0.29, 0.717) is 31.5 Å². The van der Waals surface area contributed by atoms with Gasteiger partial charge in [-0.25, -0.2) is 9.13 Å². The Bertz CT molecular complexity index is 1330. The number of ether oxygens (including phenoxy) is 3. The highest BCUT2D eigenvalue weighted by molar-refractivity contribution is 7.47. The zero-order valence-corrected chi connectivity index (χ0v) is 40.8. The minimum absolute atomic E-state index is 0.0530. The molecule has 0 radical (unpaired) electrons. The number of aliphatic hydroxyl groups is 1. The van der Waals surface area contributed by atoms with Gasteiger partial charge in [-0.15, -0.1) is 0 Å². The van der Waals surface area contributed by atoms with Crippen molar-refractivity contribution in [1.82, 2.24) is 0 Å². The third-order valence-electron chi connectivity index (χ3n) is 10.6. The van der Waals surface area contributed by atoms with Gasteiger partial charge in [0, 0.05) is 12.8 Å². The van der Waals surface area contributed by atoms with Crippen molar-refractivity contribution in [3.63, 3.8) is 0 Å². The highest BCUT2D eigenvalue weighted by atomic mass is 31.2. The third-order valence-corrected chi connectivity index (χ3v) is 12.1. The van der Waals surface area contributed by atoms with Crippen LogP contribution >= 0.6 is 15.6 Å². The molecule has 1 aliphatic heterocycles. The fourth-order valence-electron chi connectivity index (χ4n) is 6.86. The Balaban J connectivity index is 2.34. The molecule has 16 heteroatoms. The number of unbranched alkanes of at least 4 members (excludes halogenated alkanes) is 17. The first-order chi connectivity index (χ1) is 30.2. The molecule has 0 saturated carbocycles. The van der Waals surface area contributed by atoms with E-state index in [2.05, 4.69) is 49.6 Å². The highest BCUT2D eigenvalue weighted by Gasteiger charge is 2.36. The van der Waals surface area contributed by atoms with Crippen LogP contribution in [0, 0.1) is 5.92 Å². The van der Waals surface area contributed by atoms with Gasteiger partial charge in [-0.05, 0) is 50.9 Å². The second kappa shape index (κ2) is 38.4. The van der Waals surface area contributed by atoms with Crippen LogP contribution in [0.4, 0.5) is 0 Å². The minimum atomic E-state index is -4.87. The first-order valence-electron chi connectivity index (χ1n) is 24.2. The number of phosphoric ester groups is 2. The van der Waals surface area contributed by atoms with Gasteiger partial charge in [0.25, 0.3) is 0 Å². The zero-order chi connectivity index (χ0) is 46.4. The molecule has 1 heterocycles. The molecule has 3 unspecified atom stereocenters. The van der Waals surface area contributed by atoms with Crippen molar-refractivity contribution < 1.29 is 66.3 Å². The van der Waals surface area contributed by atoms with E-state index in [1.54, 1.807) is 0 Å². The van der Waals surface area contributed by atoms with Crippen molar-refractivity contribution in [2.75, 3.05) is 26.4 Å². The lowest BCUT2D eigenvalue weighted by Gasteiger charge is -2.20. The smallest absolute Gasteiger partial charge is 0.462 e. The summed E-state index contributed by atoms with van der Waals surface area (Å²) in [6, 6.07) is 0. The first-order valence-corrected chi connectivity index (χ1v) is 27.2. The fraction of sp³-hybridized carbons (Fsp3) is 0.830. The monoisotopic (exact) mass is 937 g/mol. The van der Waals surface area contributed by atoms with Crippen LogP contribution in [0.25, 0.3) is 0 Å². The second-order valence-electron chi connectivity index (χ2n) is 17.3. The normalized spacial score (nSPS) is 17.5. The van der Waals surface area contributed by atoms with Crippen LogP contribution in [-0.2, 0) is 46.5 Å². The van der Waals surface area contributed by atoms with Crippen molar-refractivity contribution in [2.24, 2.45) is 5.92 Å². The lowest BCUT2D eigenvalue weighted by atomic mass is 10.0. The fourth-order valence-corrected chi connectivity index (χ4v) is 8.01. The molecule has 0 aromatic rings. The Morgan fingerprint density at radius 3 is 1.71 bits per heavy atom. The summed E-state index contributed by atoms with van der Waals surface area (Å²) in [5.41, 5.74) is 0. The number of rotatable bonds is 44. The van der Waals surface area contributed by atoms with Crippen molar-refractivity contribution in [1.29, 1.82) is 0 Å². The number of carbonyl (C=O) groups is 2. The lowest BCUT2D eigenvalue weighted by molar-refractivity contribution is -0.161. The molecule has 1 rings (SSSR count). The summed E-state index contributed by atoms with van der Waals surface area (Å²) < 4.78 is 53.6. The largest absolute Gasteiger partial charge is 0.472 e. The Morgan fingerprint density at radius 1 is 0.603 bits per heavy atom. The minimum Gasteiger partial charge on any atom is -0.462 e. The van der Waals surface area contributed by atoms with Gasteiger partial charge in [0.2, 0.25) is 0 Å². The summed E-state index contributed by atoms with van der Waals surface area (Å²) in [6.07, 6.45) is 38.9. The van der Waals surface area contributed by atoms with Gasteiger partial charge in [-0.2, -0.15) is 0 Å². The molecule has 5 atom stereocenters. The maximum atomic E-state index is 12.7. The number of phosphoric acid groups is 2. The van der Waals surface area contributed by atoms with E-state index in [1.165, 1.54) is 96.3 Å². The maximum absolute atomic E-state index is 12.7. The van der Waals surface area contributed by atoms with Crippen molar-refractivity contribution in [3.05, 3.63) is 36.5 Å². The van der Waals surface area contributed by atoms with E-state index in [-0.39, 0.29) is 12.8 Å². The number of carbonyl (C=O) groups excluding carboxylic acids is 2. The molecule has 368 valence electrons. The number of esters is 2. The van der Waals surface area contributed by atoms with E-state index in [0.717, 1.165) is 50.9 Å². The number of epoxide rings is 1. The Morgan fingerprint density at radius 2 is 1.13 bits per heavy atom. The summed E-state index contributed by atoms with van der Waals surface area (Å²) in [6.45, 7) is 4.03. The number of hydrogen-bond donors (Lipinski definition) is 4. The van der Waals surface area contributed by atoms with Crippen LogP contribution in [0.5, 0.6) is 0 Å². The molecule has 0 aliphatic carbocycles. The highest BCUT2D eigenvalue weighted by Crippen LogP contribution is 2.44. The molecule has 0 aromatic carbocycles. The molecule has 63 heavy (non-hydrogen) atoms. The predicted molar refractivity (Wildman–Crippen MR) is 248 cm³/mol. The average molecular weight is 937 g/mol. The summed E-state index contributed by atoms with van der Waals surface area (Å²) in [5, 5.41) is 9.77. The molecule has 1 saturated heterocycles. The SMILES string of the molecule is CCCCCC1OC1C/C=C\C/C=C\C/C=C\CCCC(=O)O[C@H](COC(=O)CCCCCCCCCCCCCCCCCC(C)C)COP(=O)(O)OC[C@@H](O)COP(=O)(O)O. The molecule has 4 N–H and O–H groups in total. The van der Waals surface area contributed by atoms with E-state index in [9.17, 15) is 28.7 Å². The summed E-state index contributed by atoms with van der Waals surface area (Å²) in [7, 11) is -9.70. The molecule has 0 bridgehead atoms. The molecular weight excluding hydrogens is 850 g/mol. The maximum Gasteiger partial charge on any atom is 0.472 e. The quantitative estimate of drug-likeness (QED) is 0.0147. The van der Waals surface area contributed by atoms with Crippen LogP contribution in [0.15, 0.2) is 36.5 Å². The molecular formula is C47H86O14P2. The molecule has 14 nitrogen and oxygen atoms in total. The van der Waals surface area contributed by atoms with E-state index in [4.69, 9.17) is 33.0 Å². The molecule has 1 aliphatic rings. The lowest BCUT2D eigenvalue weighted by Crippen LogP contribution is -2.29. The van der Waals surface area contributed by atoms with Gasteiger partial charge in [0.05, 0.1) is 32.0 Å². The predicted octanol–water partition coefficient (Wildman–Crippen LogP) is 11.7. The first kappa shape index (κ1) is 59.3. The topological polar surface area (TPSA) is 208 Å². The van der Waals surface area contributed by atoms with Crippen LogP contribution < -0.4 is 0 Å². The Kier molecular flexibility index (Phi) is 36.2. The van der Waals surface area contributed by atoms with Gasteiger partial charge in [-0.3, -0.25) is 23.2 Å². The molecule has 1 fully saturated rings. The zero-order valence-electron chi connectivity index (χ0n) is 39.0. The van der Waals surface area contributed by atoms with Gasteiger partial charge in [0.1, 0.15) is 12.7 Å². The number of allylic oxidation sites excluding steroid dienone is 5. The van der Waals surface area contributed by atoms with Gasteiger partial charge in [0.15, 0.2) is 6.10 Å². The van der Waals surface area contributed by atoms with Crippen LogP contribution in [-0.4, -0.2) is 82.6 Å². The van der Waals surface area contributed by atoms with E-state index >= 15 is 0 Å². The summed E-state index contributed by atoms with van der Waals surface area (Å²) >= 11 is 0. The van der Waals surface area contributed by atoms with Crippen LogP contribution in [0.3, 0.4) is 0 Å². The third kappa shape index (κ3) is 40.3. The van der Waals surface area contributed by atoms with Gasteiger partial charge in [-0.1, -0.05) is 173 Å². The van der Waals surface area contributed by atoms with Crippen LogP contribution in [0.1, 0.15) is 194 Å². The standard InChI is InChI=1S/C47H86O14P2/c1-4-5-27-33-44-45(61-44)34-29-24-20-16-13-14-18-22-26-31-36-47(50)60-43(40-59-63(54,55)58-38-42(48)37-57-62(51,52)53)39-56-46(49)35-30-25-21-17-12-10-8-6-7-9-11-15-19-23-28-32-41(2)3/h13,16,18,22,24,29,41-45,48H,4-12,14-15,17,19-21,23,25-28,30-40H2,1-3H3,(H,54,55)(H2,51,52,53)/b16-13-,22-18-,29-24-/t42-,43+,44?,45?/m0/s1. The Labute approximate surface area is 380 Å². The summed E-state index contributed by atoms with van der Waals surface area (Å²) in [4.78, 5) is 52.8. The van der Waals surface area contributed by atoms with Crippen LogP contribution in [0.2, 0.25) is 0 Å². The molecule has 0 aromatic heterocycles. The second-order valence-corrected chi connectivity index (χ2v) is 19.9. The van der Waals surface area contributed by atoms with E-state index < -0.39 is 66.2 Å². The van der Waals surface area contributed by atoms with Crippen molar-refractivity contribution >= 4 is 27.6 Å². The van der Waals surface area contributed by atoms with Gasteiger partial charge >= 0.3 is 27.6 Å². The summed E-state index contributed by atoms with van der Waals surface area (Å²) in [5.74, 6) is -0.280. The van der Waals surface area contributed by atoms with Crippen molar-refractivity contribution in [2.45, 2.75) is 219 Å². The molecule has 0 amide bonds. The van der Waals surface area contributed by atoms with Crippen molar-refractivity contribution in [3.8, 4) is 0 Å².